The van der Waals surface area contributed by atoms with Gasteiger partial charge in [0.15, 0.2) is 0 Å². The number of aliphatic hydroxyl groups is 1. The zero-order valence-corrected chi connectivity index (χ0v) is 20.5. The molecule has 0 aromatic rings. The van der Waals surface area contributed by atoms with E-state index in [9.17, 15) is 14.7 Å². The Hall–Kier alpha value is -1.61. The highest BCUT2D eigenvalue weighted by molar-refractivity contribution is 6.29. The summed E-state index contributed by atoms with van der Waals surface area (Å²) in [7, 11) is 0. The van der Waals surface area contributed by atoms with Crippen LogP contribution in [-0.4, -0.2) is 48.6 Å². The molecule has 0 heterocycles. The maximum absolute atomic E-state index is 12.7. The summed E-state index contributed by atoms with van der Waals surface area (Å²) in [4.78, 5) is 24.6. The van der Waals surface area contributed by atoms with E-state index in [1.807, 2.05) is 34.6 Å². The number of hydrogen-bond donors (Lipinski definition) is 5. The van der Waals surface area contributed by atoms with E-state index in [2.05, 4.69) is 16.0 Å². The summed E-state index contributed by atoms with van der Waals surface area (Å²) in [6, 6.07) is -0.586. The van der Waals surface area contributed by atoms with Gasteiger partial charge in [0, 0.05) is 24.4 Å². The Morgan fingerprint density at radius 1 is 1.23 bits per heavy atom. The Labute approximate surface area is 192 Å². The largest absolute Gasteiger partial charge is 0.446 e. The summed E-state index contributed by atoms with van der Waals surface area (Å²) in [5.74, 6) is -0.280. The van der Waals surface area contributed by atoms with E-state index in [1.165, 1.54) is 6.20 Å². The number of rotatable bonds is 13. The van der Waals surface area contributed by atoms with Gasteiger partial charge in [0.2, 0.25) is 5.91 Å². The van der Waals surface area contributed by atoms with Gasteiger partial charge in [-0.15, -0.1) is 0 Å². The first-order valence-electron chi connectivity index (χ1n) is 10.7. The molecular formula is C22H41ClN4O4. The third-order valence-electron chi connectivity index (χ3n) is 4.43. The van der Waals surface area contributed by atoms with Gasteiger partial charge in [-0.25, -0.2) is 4.79 Å². The molecule has 180 valence electrons. The minimum absolute atomic E-state index is 0.0273. The Morgan fingerprint density at radius 3 is 2.39 bits per heavy atom. The van der Waals surface area contributed by atoms with E-state index in [0.29, 0.717) is 37.4 Å². The Morgan fingerprint density at radius 2 is 1.87 bits per heavy atom. The number of hydrogen-bond acceptors (Lipinski definition) is 6. The van der Waals surface area contributed by atoms with Crippen molar-refractivity contribution in [3.63, 3.8) is 0 Å². The molecule has 0 aromatic heterocycles. The monoisotopic (exact) mass is 460 g/mol. The standard InChI is InChI=1S/C22H41ClN4O4/c1-15(2)19(28)27-18(22(4,5)6)20(29)25-13-7-9-17(11-10-16(3)23)31-21(30)26-14-8-12-24/h7,10,13,15,17-19,27-28H,8-9,11-12,14,24H2,1-6H3,(H,25,29)(H,26,30)/b13-7-,16-10+/t17-,18-,19?/m1/s1. The van der Waals surface area contributed by atoms with Gasteiger partial charge >= 0.3 is 6.09 Å². The molecule has 0 saturated carbocycles. The quantitative estimate of drug-likeness (QED) is 0.212. The molecule has 0 aliphatic carbocycles. The van der Waals surface area contributed by atoms with Crippen LogP contribution in [-0.2, 0) is 9.53 Å². The van der Waals surface area contributed by atoms with Crippen LogP contribution in [0.25, 0.3) is 0 Å². The zero-order chi connectivity index (χ0) is 24.0. The van der Waals surface area contributed by atoms with Crippen LogP contribution in [0.3, 0.4) is 0 Å². The first kappa shape index (κ1) is 29.4. The molecule has 0 radical (unpaired) electrons. The zero-order valence-electron chi connectivity index (χ0n) is 19.7. The fourth-order valence-corrected chi connectivity index (χ4v) is 2.59. The lowest BCUT2D eigenvalue weighted by Crippen LogP contribution is -2.55. The second-order valence-electron chi connectivity index (χ2n) is 8.92. The molecule has 3 atom stereocenters. The predicted octanol–water partition coefficient (Wildman–Crippen LogP) is 2.96. The summed E-state index contributed by atoms with van der Waals surface area (Å²) < 4.78 is 5.43. The van der Waals surface area contributed by atoms with Crippen LogP contribution in [0.2, 0.25) is 0 Å². The molecule has 8 nitrogen and oxygen atoms in total. The van der Waals surface area contributed by atoms with Gasteiger partial charge in [0.25, 0.3) is 0 Å². The number of nitrogens with one attached hydrogen (secondary N) is 3. The highest BCUT2D eigenvalue weighted by atomic mass is 35.5. The highest BCUT2D eigenvalue weighted by Crippen LogP contribution is 2.20. The number of ether oxygens (including phenoxy) is 1. The fourth-order valence-electron chi connectivity index (χ4n) is 2.50. The van der Waals surface area contributed by atoms with Crippen molar-refractivity contribution in [1.29, 1.82) is 0 Å². The molecule has 0 fully saturated rings. The van der Waals surface area contributed by atoms with Crippen molar-refractivity contribution in [2.24, 2.45) is 17.1 Å². The van der Waals surface area contributed by atoms with Crippen molar-refractivity contribution in [2.45, 2.75) is 79.2 Å². The second kappa shape index (κ2) is 15.2. The van der Waals surface area contributed by atoms with Crippen LogP contribution >= 0.6 is 11.6 Å². The first-order chi connectivity index (χ1) is 14.4. The maximum Gasteiger partial charge on any atom is 0.407 e. The average molecular weight is 461 g/mol. The molecule has 0 rings (SSSR count). The van der Waals surface area contributed by atoms with Crippen LogP contribution in [0.4, 0.5) is 4.79 Å². The number of amides is 2. The van der Waals surface area contributed by atoms with E-state index in [1.54, 1.807) is 19.1 Å². The molecule has 0 saturated heterocycles. The van der Waals surface area contributed by atoms with Crippen molar-refractivity contribution in [3.8, 4) is 0 Å². The first-order valence-corrected chi connectivity index (χ1v) is 11.1. The van der Waals surface area contributed by atoms with Gasteiger partial charge in [-0.2, -0.15) is 0 Å². The SMILES string of the molecule is C/C(Cl)=C\C[C@@H](C/C=C\NC(=O)[C@@H](NC(O)C(C)C)C(C)(C)C)OC(=O)NCCCN. The third kappa shape index (κ3) is 14.1. The number of nitrogens with two attached hydrogens (primary N) is 1. The lowest BCUT2D eigenvalue weighted by atomic mass is 9.85. The average Bonchev–Trinajstić information content (AvgIpc) is 2.65. The molecule has 0 aliphatic heterocycles. The molecule has 0 bridgehead atoms. The van der Waals surface area contributed by atoms with Gasteiger partial charge in [0.05, 0.1) is 6.04 Å². The van der Waals surface area contributed by atoms with Gasteiger partial charge < -0.3 is 26.2 Å². The number of allylic oxidation sites excluding steroid dienone is 1. The smallest absolute Gasteiger partial charge is 0.407 e. The minimum Gasteiger partial charge on any atom is -0.446 e. The van der Waals surface area contributed by atoms with Gasteiger partial charge in [-0.1, -0.05) is 58.4 Å². The third-order valence-corrected chi connectivity index (χ3v) is 4.58. The summed E-state index contributed by atoms with van der Waals surface area (Å²) in [6.45, 7) is 12.2. The Kier molecular flexibility index (Phi) is 14.4. The van der Waals surface area contributed by atoms with E-state index in [0.717, 1.165) is 0 Å². The topological polar surface area (TPSA) is 126 Å². The van der Waals surface area contributed by atoms with E-state index >= 15 is 0 Å². The van der Waals surface area contributed by atoms with Crippen molar-refractivity contribution in [2.75, 3.05) is 13.1 Å². The van der Waals surface area contributed by atoms with Crippen molar-refractivity contribution >= 4 is 23.6 Å². The van der Waals surface area contributed by atoms with Gasteiger partial charge in [-0.05, 0) is 37.4 Å². The number of halogens is 1. The van der Waals surface area contributed by atoms with Crippen LogP contribution in [0.15, 0.2) is 23.4 Å². The minimum atomic E-state index is -0.792. The van der Waals surface area contributed by atoms with Crippen molar-refractivity contribution in [1.82, 2.24) is 16.0 Å². The molecule has 6 N–H and O–H groups in total. The van der Waals surface area contributed by atoms with Gasteiger partial charge in [-0.3, -0.25) is 10.1 Å². The second-order valence-corrected chi connectivity index (χ2v) is 9.52. The van der Waals surface area contributed by atoms with Gasteiger partial charge in [0.1, 0.15) is 12.3 Å². The number of carbonyl (C=O) groups excluding carboxylic acids is 2. The van der Waals surface area contributed by atoms with Crippen LogP contribution in [0, 0.1) is 11.3 Å². The maximum atomic E-state index is 12.7. The van der Waals surface area contributed by atoms with Crippen molar-refractivity contribution in [3.05, 3.63) is 23.4 Å². The molecular weight excluding hydrogens is 420 g/mol. The van der Waals surface area contributed by atoms with E-state index in [4.69, 9.17) is 22.1 Å². The highest BCUT2D eigenvalue weighted by Gasteiger charge is 2.32. The summed E-state index contributed by atoms with van der Waals surface area (Å²) >= 11 is 5.89. The fraction of sp³-hybridized carbons (Fsp3) is 0.727. The molecule has 9 heteroatoms. The number of aliphatic hydroxyl groups excluding tert-OH is 1. The Balaban J connectivity index is 4.90. The van der Waals surface area contributed by atoms with Crippen molar-refractivity contribution < 1.29 is 19.4 Å². The van der Waals surface area contributed by atoms with Crippen LogP contribution in [0.5, 0.6) is 0 Å². The lowest BCUT2D eigenvalue weighted by molar-refractivity contribution is -0.126. The molecule has 0 aromatic carbocycles. The summed E-state index contributed by atoms with van der Waals surface area (Å²) in [6.07, 6.45) is 4.81. The number of carbonyl (C=O) groups is 2. The van der Waals surface area contributed by atoms with E-state index < -0.39 is 29.9 Å². The molecule has 0 aliphatic rings. The number of alkyl carbamates (subject to hydrolysis) is 1. The normalized spacial score (nSPS) is 15.6. The summed E-state index contributed by atoms with van der Waals surface area (Å²) in [5.41, 5.74) is 5.02. The van der Waals surface area contributed by atoms with Crippen LogP contribution in [0.1, 0.15) is 60.8 Å². The summed E-state index contributed by atoms with van der Waals surface area (Å²) in [5, 5.41) is 19.1. The molecule has 31 heavy (non-hydrogen) atoms. The molecule has 1 unspecified atom stereocenters. The Bertz CT molecular complexity index is 599. The lowest BCUT2D eigenvalue weighted by Gasteiger charge is -2.33. The molecule has 2 amide bonds. The van der Waals surface area contributed by atoms with E-state index in [-0.39, 0.29) is 11.8 Å². The van der Waals surface area contributed by atoms with Crippen LogP contribution < -0.4 is 21.7 Å². The predicted molar refractivity (Wildman–Crippen MR) is 125 cm³/mol. The molecule has 0 spiro atoms.